The standard InChI is InChI=1S/C22H30N4O4/c1-29-10-7-26-15-23-19-14-17(24-21(27)16-5-3-2-4-6-16)13-18(20(19)26)22(28)25-8-11-30-12-9-25/h13-16H,2-12H2,1H3,(H,24,27). The van der Waals surface area contributed by atoms with E-state index in [-0.39, 0.29) is 17.7 Å². The average molecular weight is 415 g/mol. The summed E-state index contributed by atoms with van der Waals surface area (Å²) in [5, 5.41) is 3.05. The van der Waals surface area contributed by atoms with Gasteiger partial charge in [0.25, 0.3) is 5.91 Å². The second-order valence-electron chi connectivity index (χ2n) is 8.05. The van der Waals surface area contributed by atoms with Crippen LogP contribution in [-0.4, -0.2) is 66.3 Å². The predicted molar refractivity (Wildman–Crippen MR) is 114 cm³/mol. The molecule has 1 aliphatic heterocycles. The SMILES string of the molecule is COCCn1cnc2cc(NC(=O)C3CCCCC3)cc(C(=O)N3CCOCC3)c21. The van der Waals surface area contributed by atoms with E-state index in [1.807, 2.05) is 10.6 Å². The lowest BCUT2D eigenvalue weighted by Gasteiger charge is -2.27. The third-order valence-corrected chi connectivity index (χ3v) is 6.02. The fraction of sp³-hybridized carbons (Fsp3) is 0.591. The lowest BCUT2D eigenvalue weighted by Crippen LogP contribution is -2.40. The van der Waals surface area contributed by atoms with Crippen LogP contribution >= 0.6 is 0 Å². The second-order valence-corrected chi connectivity index (χ2v) is 8.05. The number of nitrogens with one attached hydrogen (secondary N) is 1. The van der Waals surface area contributed by atoms with E-state index in [0.29, 0.717) is 56.2 Å². The molecule has 1 aromatic heterocycles. The van der Waals surface area contributed by atoms with Crippen LogP contribution in [0.1, 0.15) is 42.5 Å². The van der Waals surface area contributed by atoms with Crippen molar-refractivity contribution < 1.29 is 19.1 Å². The number of fused-ring (bicyclic) bond motifs is 1. The Labute approximate surface area is 176 Å². The molecule has 8 heteroatoms. The number of methoxy groups -OCH3 is 1. The fourth-order valence-corrected chi connectivity index (χ4v) is 4.35. The van der Waals surface area contributed by atoms with Gasteiger partial charge < -0.3 is 24.3 Å². The second kappa shape index (κ2) is 9.57. The zero-order valence-corrected chi connectivity index (χ0v) is 17.6. The lowest BCUT2D eigenvalue weighted by molar-refractivity contribution is -0.120. The molecule has 2 fully saturated rings. The van der Waals surface area contributed by atoms with Crippen LogP contribution in [0.5, 0.6) is 0 Å². The number of morpholine rings is 1. The van der Waals surface area contributed by atoms with Crippen LogP contribution in [0.3, 0.4) is 0 Å². The van der Waals surface area contributed by atoms with Crippen LogP contribution in [0.25, 0.3) is 11.0 Å². The summed E-state index contributed by atoms with van der Waals surface area (Å²) in [4.78, 5) is 32.4. The number of benzene rings is 1. The highest BCUT2D eigenvalue weighted by atomic mass is 16.5. The Balaban J connectivity index is 1.66. The smallest absolute Gasteiger partial charge is 0.256 e. The molecule has 2 aliphatic rings. The summed E-state index contributed by atoms with van der Waals surface area (Å²) in [6, 6.07) is 3.65. The summed E-state index contributed by atoms with van der Waals surface area (Å²) >= 11 is 0. The summed E-state index contributed by atoms with van der Waals surface area (Å²) in [6.45, 7) is 3.32. The van der Waals surface area contributed by atoms with Crippen LogP contribution in [0.4, 0.5) is 5.69 Å². The number of hydrogen-bond donors (Lipinski definition) is 1. The van der Waals surface area contributed by atoms with E-state index >= 15 is 0 Å². The molecule has 0 bridgehead atoms. The molecule has 0 radical (unpaired) electrons. The molecule has 2 heterocycles. The van der Waals surface area contributed by atoms with E-state index in [9.17, 15) is 9.59 Å². The molecule has 0 spiro atoms. The average Bonchev–Trinajstić information content (AvgIpc) is 3.20. The van der Waals surface area contributed by atoms with E-state index in [1.165, 1.54) is 6.42 Å². The maximum Gasteiger partial charge on any atom is 0.256 e. The summed E-state index contributed by atoms with van der Waals surface area (Å²) in [6.07, 6.45) is 6.99. The minimum Gasteiger partial charge on any atom is -0.383 e. The summed E-state index contributed by atoms with van der Waals surface area (Å²) in [5.74, 6) is 0.0287. The molecule has 4 rings (SSSR count). The van der Waals surface area contributed by atoms with Crippen molar-refractivity contribution in [1.82, 2.24) is 14.5 Å². The van der Waals surface area contributed by atoms with Crippen molar-refractivity contribution in [3.63, 3.8) is 0 Å². The van der Waals surface area contributed by atoms with E-state index in [4.69, 9.17) is 9.47 Å². The Morgan fingerprint density at radius 2 is 1.97 bits per heavy atom. The highest BCUT2D eigenvalue weighted by Gasteiger charge is 2.25. The number of rotatable bonds is 6. The first-order valence-corrected chi connectivity index (χ1v) is 10.8. The first kappa shape index (κ1) is 20.8. The number of anilines is 1. The van der Waals surface area contributed by atoms with E-state index in [1.54, 1.807) is 24.4 Å². The number of imidazole rings is 1. The van der Waals surface area contributed by atoms with Gasteiger partial charge in [0.2, 0.25) is 5.91 Å². The van der Waals surface area contributed by atoms with Crippen LogP contribution in [-0.2, 0) is 20.8 Å². The first-order chi connectivity index (χ1) is 14.7. The number of hydrogen-bond acceptors (Lipinski definition) is 5. The van der Waals surface area contributed by atoms with Gasteiger partial charge in [-0.15, -0.1) is 0 Å². The Morgan fingerprint density at radius 1 is 1.20 bits per heavy atom. The molecular formula is C22H30N4O4. The molecule has 1 saturated carbocycles. The van der Waals surface area contributed by atoms with Gasteiger partial charge in [0.05, 0.1) is 42.7 Å². The van der Waals surface area contributed by atoms with E-state index < -0.39 is 0 Å². The molecule has 0 unspecified atom stereocenters. The van der Waals surface area contributed by atoms with Gasteiger partial charge in [-0.3, -0.25) is 9.59 Å². The fourth-order valence-electron chi connectivity index (χ4n) is 4.35. The van der Waals surface area contributed by atoms with Crippen molar-refractivity contribution in [2.24, 2.45) is 5.92 Å². The van der Waals surface area contributed by atoms with Gasteiger partial charge in [0.1, 0.15) is 0 Å². The highest BCUT2D eigenvalue weighted by molar-refractivity contribution is 6.07. The van der Waals surface area contributed by atoms with Crippen molar-refractivity contribution in [3.05, 3.63) is 24.0 Å². The molecule has 1 aliphatic carbocycles. The Morgan fingerprint density at radius 3 is 2.70 bits per heavy atom. The molecule has 1 aromatic carbocycles. The summed E-state index contributed by atoms with van der Waals surface area (Å²) < 4.78 is 12.5. The predicted octanol–water partition coefficient (Wildman–Crippen LogP) is 2.67. The number of nitrogens with zero attached hydrogens (tertiary/aromatic N) is 3. The largest absolute Gasteiger partial charge is 0.383 e. The van der Waals surface area contributed by atoms with Gasteiger partial charge in [-0.05, 0) is 25.0 Å². The van der Waals surface area contributed by atoms with Crippen molar-refractivity contribution >= 4 is 28.5 Å². The molecule has 8 nitrogen and oxygen atoms in total. The quantitative estimate of drug-likeness (QED) is 0.786. The Bertz CT molecular complexity index is 898. The molecule has 2 aromatic rings. The van der Waals surface area contributed by atoms with Crippen LogP contribution in [0.15, 0.2) is 18.5 Å². The molecular weight excluding hydrogens is 384 g/mol. The van der Waals surface area contributed by atoms with Gasteiger partial charge in [-0.1, -0.05) is 19.3 Å². The maximum absolute atomic E-state index is 13.4. The van der Waals surface area contributed by atoms with E-state index in [2.05, 4.69) is 10.3 Å². The number of aromatic nitrogens is 2. The first-order valence-electron chi connectivity index (χ1n) is 10.8. The molecule has 1 N–H and O–H groups in total. The lowest BCUT2D eigenvalue weighted by atomic mass is 9.88. The molecule has 1 saturated heterocycles. The zero-order chi connectivity index (χ0) is 20.9. The number of carbonyl (C=O) groups excluding carboxylic acids is 2. The summed E-state index contributed by atoms with van der Waals surface area (Å²) in [7, 11) is 1.65. The van der Waals surface area contributed by atoms with Crippen LogP contribution < -0.4 is 5.32 Å². The third-order valence-electron chi connectivity index (χ3n) is 6.02. The molecule has 30 heavy (non-hydrogen) atoms. The maximum atomic E-state index is 13.4. The van der Waals surface area contributed by atoms with Gasteiger partial charge >= 0.3 is 0 Å². The number of carbonyl (C=O) groups is 2. The van der Waals surface area contributed by atoms with Crippen molar-refractivity contribution in [1.29, 1.82) is 0 Å². The molecule has 0 atom stereocenters. The van der Waals surface area contributed by atoms with Crippen molar-refractivity contribution in [2.45, 2.75) is 38.6 Å². The van der Waals surface area contributed by atoms with Gasteiger partial charge in [0.15, 0.2) is 0 Å². The van der Waals surface area contributed by atoms with Gasteiger partial charge in [-0.2, -0.15) is 0 Å². The number of ether oxygens (including phenoxy) is 2. The minimum absolute atomic E-state index is 0.0395. The number of amides is 2. The Hall–Kier alpha value is -2.45. The topological polar surface area (TPSA) is 85.7 Å². The Kier molecular flexibility index (Phi) is 6.64. The van der Waals surface area contributed by atoms with E-state index in [0.717, 1.165) is 31.2 Å². The molecule has 2 amide bonds. The van der Waals surface area contributed by atoms with Crippen LogP contribution in [0, 0.1) is 5.92 Å². The summed E-state index contributed by atoms with van der Waals surface area (Å²) in [5.41, 5.74) is 2.66. The van der Waals surface area contributed by atoms with Crippen LogP contribution in [0.2, 0.25) is 0 Å². The highest BCUT2D eigenvalue weighted by Crippen LogP contribution is 2.28. The van der Waals surface area contributed by atoms with Crippen molar-refractivity contribution in [3.8, 4) is 0 Å². The molecule has 162 valence electrons. The van der Waals surface area contributed by atoms with Gasteiger partial charge in [0, 0.05) is 38.3 Å². The monoisotopic (exact) mass is 414 g/mol. The third kappa shape index (κ3) is 4.49. The normalized spacial score (nSPS) is 18.0. The zero-order valence-electron chi connectivity index (χ0n) is 17.6. The van der Waals surface area contributed by atoms with Crippen molar-refractivity contribution in [2.75, 3.05) is 45.3 Å². The van der Waals surface area contributed by atoms with Gasteiger partial charge in [-0.25, -0.2) is 4.98 Å². The minimum atomic E-state index is -0.0590.